The zero-order chi connectivity index (χ0) is 21.2. The lowest BCUT2D eigenvalue weighted by Crippen LogP contribution is -2.25. The Balaban J connectivity index is 1.27. The predicted octanol–water partition coefficient (Wildman–Crippen LogP) is 8.60. The third-order valence-corrected chi connectivity index (χ3v) is 8.15. The van der Waals surface area contributed by atoms with Gasteiger partial charge in [0.25, 0.3) is 0 Å². The van der Waals surface area contributed by atoms with Crippen LogP contribution in [-0.2, 0) is 6.42 Å². The molecule has 0 aromatic heterocycles. The largest absolute Gasteiger partial charge is 0.206 e. The summed E-state index contributed by atoms with van der Waals surface area (Å²) < 4.78 is 13.7. The molecule has 0 radical (unpaired) electrons. The zero-order valence-corrected chi connectivity index (χ0v) is 19.2. The summed E-state index contributed by atoms with van der Waals surface area (Å²) in [7, 11) is 0. The number of hydrogen-bond donors (Lipinski definition) is 0. The molecule has 3 rings (SSSR count). The predicted molar refractivity (Wildman–Crippen MR) is 124 cm³/mol. The maximum Gasteiger partial charge on any atom is 0.141 e. The summed E-state index contributed by atoms with van der Waals surface area (Å²) in [6.07, 6.45) is 22.2. The van der Waals surface area contributed by atoms with Gasteiger partial charge in [-0.15, -0.1) is 0 Å². The molecule has 0 amide bonds. The van der Waals surface area contributed by atoms with Crippen molar-refractivity contribution in [2.24, 2.45) is 23.7 Å². The van der Waals surface area contributed by atoms with Gasteiger partial charge in [0, 0.05) is 0 Å². The van der Waals surface area contributed by atoms with Gasteiger partial charge in [0.05, 0.1) is 5.56 Å². The van der Waals surface area contributed by atoms with Gasteiger partial charge >= 0.3 is 0 Å². The monoisotopic (exact) mass is 411 g/mol. The number of nitriles is 1. The van der Waals surface area contributed by atoms with Crippen molar-refractivity contribution in [3.8, 4) is 6.07 Å². The van der Waals surface area contributed by atoms with E-state index >= 15 is 0 Å². The van der Waals surface area contributed by atoms with Crippen molar-refractivity contribution in [2.45, 2.75) is 110 Å². The van der Waals surface area contributed by atoms with Crippen LogP contribution >= 0.6 is 0 Å². The highest BCUT2D eigenvalue weighted by Gasteiger charge is 2.30. The Hall–Kier alpha value is -1.36. The first kappa shape index (κ1) is 23.3. The van der Waals surface area contributed by atoms with E-state index in [1.807, 2.05) is 12.1 Å². The molecule has 2 saturated carbocycles. The highest BCUT2D eigenvalue weighted by molar-refractivity contribution is 5.33. The minimum absolute atomic E-state index is 0.153. The first-order chi connectivity index (χ1) is 14.7. The standard InChI is InChI=1S/C28H42FN/c1-2-3-4-7-22-10-15-25(16-11-22)26-17-12-23(13-18-26)8-5-6-9-24-14-19-27(21-30)28(29)20-24/h14,19-20,22-23,25-26H,2-13,15-18H2,1H3/t22-,23?,25-,26?. The Kier molecular flexibility index (Phi) is 9.70. The van der Waals surface area contributed by atoms with Crippen LogP contribution in [0.2, 0.25) is 0 Å². The smallest absolute Gasteiger partial charge is 0.141 e. The van der Waals surface area contributed by atoms with Crippen LogP contribution in [0.4, 0.5) is 4.39 Å². The fourth-order valence-electron chi connectivity index (χ4n) is 6.15. The molecule has 0 saturated heterocycles. The van der Waals surface area contributed by atoms with Gasteiger partial charge in [0.1, 0.15) is 11.9 Å². The Morgan fingerprint density at radius 1 is 0.833 bits per heavy atom. The van der Waals surface area contributed by atoms with E-state index in [9.17, 15) is 4.39 Å². The number of hydrogen-bond acceptors (Lipinski definition) is 1. The maximum atomic E-state index is 13.7. The molecule has 166 valence electrons. The quantitative estimate of drug-likeness (QED) is 0.353. The SMILES string of the molecule is CCCCC[C@H]1CC[C@H](C2CCC(CCCCc3ccc(C#N)c(F)c3)CC2)CC1. The van der Waals surface area contributed by atoms with Crippen molar-refractivity contribution in [1.29, 1.82) is 5.26 Å². The second-order valence-corrected chi connectivity index (χ2v) is 10.2. The van der Waals surface area contributed by atoms with Crippen molar-refractivity contribution in [2.75, 3.05) is 0 Å². The molecule has 0 bridgehead atoms. The summed E-state index contributed by atoms with van der Waals surface area (Å²) in [6.45, 7) is 2.31. The third-order valence-electron chi connectivity index (χ3n) is 8.15. The van der Waals surface area contributed by atoms with Gasteiger partial charge in [-0.2, -0.15) is 5.26 Å². The van der Waals surface area contributed by atoms with Crippen molar-refractivity contribution in [3.05, 3.63) is 35.1 Å². The van der Waals surface area contributed by atoms with Crippen LogP contribution in [0.3, 0.4) is 0 Å². The van der Waals surface area contributed by atoms with Crippen LogP contribution in [0.5, 0.6) is 0 Å². The van der Waals surface area contributed by atoms with Crippen molar-refractivity contribution >= 4 is 0 Å². The molecule has 0 spiro atoms. The van der Waals surface area contributed by atoms with Gasteiger partial charge in [-0.3, -0.25) is 0 Å². The zero-order valence-electron chi connectivity index (χ0n) is 19.2. The Morgan fingerprint density at radius 2 is 1.40 bits per heavy atom. The lowest BCUT2D eigenvalue weighted by atomic mass is 9.68. The van der Waals surface area contributed by atoms with E-state index in [2.05, 4.69) is 6.92 Å². The van der Waals surface area contributed by atoms with Gasteiger partial charge in [-0.25, -0.2) is 4.39 Å². The molecule has 30 heavy (non-hydrogen) atoms. The second kappa shape index (κ2) is 12.5. The highest BCUT2D eigenvalue weighted by atomic mass is 19.1. The number of aryl methyl sites for hydroxylation is 1. The normalized spacial score (nSPS) is 27.0. The van der Waals surface area contributed by atoms with E-state index in [-0.39, 0.29) is 11.4 Å². The first-order valence-corrected chi connectivity index (χ1v) is 12.9. The molecule has 2 fully saturated rings. The molecule has 0 atom stereocenters. The Morgan fingerprint density at radius 3 is 1.90 bits per heavy atom. The average Bonchev–Trinajstić information content (AvgIpc) is 2.78. The number of unbranched alkanes of at least 4 members (excludes halogenated alkanes) is 3. The van der Waals surface area contributed by atoms with Crippen LogP contribution in [0.1, 0.15) is 114 Å². The van der Waals surface area contributed by atoms with Gasteiger partial charge in [-0.1, -0.05) is 77.2 Å². The summed E-state index contributed by atoms with van der Waals surface area (Å²) >= 11 is 0. The molecule has 2 heteroatoms. The Bertz CT molecular complexity index is 660. The summed E-state index contributed by atoms with van der Waals surface area (Å²) in [5, 5.41) is 8.83. The second-order valence-electron chi connectivity index (χ2n) is 10.2. The van der Waals surface area contributed by atoms with Gasteiger partial charge in [-0.05, 0) is 79.9 Å². The van der Waals surface area contributed by atoms with E-state index < -0.39 is 0 Å². The first-order valence-electron chi connectivity index (χ1n) is 12.9. The van der Waals surface area contributed by atoms with Crippen molar-refractivity contribution in [1.82, 2.24) is 0 Å². The molecule has 0 aliphatic heterocycles. The molecule has 2 aliphatic carbocycles. The minimum atomic E-state index is -0.372. The van der Waals surface area contributed by atoms with E-state index in [0.29, 0.717) is 0 Å². The average molecular weight is 412 g/mol. The lowest BCUT2D eigenvalue weighted by molar-refractivity contribution is 0.139. The minimum Gasteiger partial charge on any atom is -0.206 e. The molecule has 1 aromatic carbocycles. The summed E-state index contributed by atoms with van der Waals surface area (Å²) in [6, 6.07) is 6.96. The molecule has 2 aliphatic rings. The molecule has 0 heterocycles. The molecular weight excluding hydrogens is 369 g/mol. The number of benzene rings is 1. The number of rotatable bonds is 10. The van der Waals surface area contributed by atoms with Crippen LogP contribution in [-0.4, -0.2) is 0 Å². The van der Waals surface area contributed by atoms with Crippen LogP contribution in [0, 0.1) is 40.8 Å². The van der Waals surface area contributed by atoms with E-state index in [1.165, 1.54) is 89.9 Å². The summed E-state index contributed by atoms with van der Waals surface area (Å²) in [4.78, 5) is 0. The van der Waals surface area contributed by atoms with Crippen LogP contribution < -0.4 is 0 Å². The molecule has 0 N–H and O–H groups in total. The highest BCUT2D eigenvalue weighted by Crippen LogP contribution is 2.43. The lowest BCUT2D eigenvalue weighted by Gasteiger charge is -2.38. The summed E-state index contributed by atoms with van der Waals surface area (Å²) in [5.74, 6) is 3.63. The van der Waals surface area contributed by atoms with E-state index in [0.717, 1.165) is 42.1 Å². The molecular formula is C28H42FN. The van der Waals surface area contributed by atoms with Gasteiger partial charge in [0.15, 0.2) is 0 Å². The van der Waals surface area contributed by atoms with Crippen molar-refractivity contribution < 1.29 is 4.39 Å². The van der Waals surface area contributed by atoms with Gasteiger partial charge in [0.2, 0.25) is 0 Å². The summed E-state index contributed by atoms with van der Waals surface area (Å²) in [5.41, 5.74) is 1.18. The number of halogens is 1. The molecule has 1 aromatic rings. The van der Waals surface area contributed by atoms with E-state index in [4.69, 9.17) is 5.26 Å². The topological polar surface area (TPSA) is 23.8 Å². The molecule has 1 nitrogen and oxygen atoms in total. The van der Waals surface area contributed by atoms with Crippen LogP contribution in [0.15, 0.2) is 18.2 Å². The fourth-order valence-corrected chi connectivity index (χ4v) is 6.15. The number of nitrogens with zero attached hydrogens (tertiary/aromatic N) is 1. The third kappa shape index (κ3) is 7.11. The van der Waals surface area contributed by atoms with Crippen LogP contribution in [0.25, 0.3) is 0 Å². The maximum absolute atomic E-state index is 13.7. The van der Waals surface area contributed by atoms with Gasteiger partial charge < -0.3 is 0 Å². The Labute approximate surface area is 184 Å². The van der Waals surface area contributed by atoms with E-state index in [1.54, 1.807) is 12.1 Å². The van der Waals surface area contributed by atoms with Crippen molar-refractivity contribution in [3.63, 3.8) is 0 Å². The fraction of sp³-hybridized carbons (Fsp3) is 0.750. The molecule has 0 unspecified atom stereocenters.